The van der Waals surface area contributed by atoms with Crippen molar-refractivity contribution in [3.63, 3.8) is 0 Å². The summed E-state index contributed by atoms with van der Waals surface area (Å²) < 4.78 is 0. The van der Waals surface area contributed by atoms with Crippen molar-refractivity contribution < 1.29 is 14.4 Å². The highest BCUT2D eigenvalue weighted by Crippen LogP contribution is 2.39. The summed E-state index contributed by atoms with van der Waals surface area (Å²) in [7, 11) is 0. The molecule has 0 spiro atoms. The largest absolute Gasteiger partial charge is 0.330 e. The molecule has 21 heavy (non-hydrogen) atoms. The van der Waals surface area contributed by atoms with E-state index in [1.54, 1.807) is 13.8 Å². The van der Waals surface area contributed by atoms with Gasteiger partial charge < -0.3 is 10.6 Å². The number of imide groups is 1. The van der Waals surface area contributed by atoms with Gasteiger partial charge in [-0.25, -0.2) is 0 Å². The Morgan fingerprint density at radius 1 is 1.24 bits per heavy atom. The van der Waals surface area contributed by atoms with Gasteiger partial charge in [0, 0.05) is 6.42 Å². The lowest BCUT2D eigenvalue weighted by Gasteiger charge is -2.43. The lowest BCUT2D eigenvalue weighted by atomic mass is 9.71. The zero-order valence-electron chi connectivity index (χ0n) is 12.9. The predicted molar refractivity (Wildman–Crippen MR) is 78.1 cm³/mol. The molecule has 2 rings (SSSR count). The van der Waals surface area contributed by atoms with Gasteiger partial charge in [-0.2, -0.15) is 0 Å². The van der Waals surface area contributed by atoms with E-state index in [0.29, 0.717) is 13.0 Å². The Hall–Kier alpha value is -1.43. The van der Waals surface area contributed by atoms with Crippen LogP contribution in [0.15, 0.2) is 0 Å². The van der Waals surface area contributed by atoms with Gasteiger partial charge in [0.1, 0.15) is 12.1 Å². The fourth-order valence-electron chi connectivity index (χ4n) is 3.35. The molecule has 118 valence electrons. The number of piperazine rings is 1. The smallest absolute Gasteiger partial charge is 0.252 e. The summed E-state index contributed by atoms with van der Waals surface area (Å²) in [6.45, 7) is 3.76. The summed E-state index contributed by atoms with van der Waals surface area (Å²) in [6, 6.07) is 0. The quantitative estimate of drug-likeness (QED) is 0.744. The van der Waals surface area contributed by atoms with Crippen LogP contribution in [0.1, 0.15) is 52.4 Å². The molecule has 1 aliphatic heterocycles. The van der Waals surface area contributed by atoms with Crippen molar-refractivity contribution in [3.8, 4) is 0 Å². The van der Waals surface area contributed by atoms with Crippen molar-refractivity contribution in [1.29, 1.82) is 0 Å². The maximum atomic E-state index is 12.7. The molecule has 0 unspecified atom stereocenters. The van der Waals surface area contributed by atoms with Crippen LogP contribution in [-0.4, -0.2) is 41.2 Å². The van der Waals surface area contributed by atoms with Crippen molar-refractivity contribution in [2.75, 3.05) is 13.1 Å². The van der Waals surface area contributed by atoms with Crippen LogP contribution in [0.5, 0.6) is 0 Å². The van der Waals surface area contributed by atoms with Crippen LogP contribution in [0.2, 0.25) is 0 Å². The molecule has 6 heteroatoms. The Balaban J connectivity index is 2.14. The monoisotopic (exact) mass is 295 g/mol. The van der Waals surface area contributed by atoms with Crippen molar-refractivity contribution in [2.45, 2.75) is 57.9 Å². The van der Waals surface area contributed by atoms with Crippen LogP contribution >= 0.6 is 0 Å². The second-order valence-corrected chi connectivity index (χ2v) is 6.86. The third-order valence-electron chi connectivity index (χ3n) is 4.96. The zero-order valence-corrected chi connectivity index (χ0v) is 12.9. The highest BCUT2D eigenvalue weighted by atomic mass is 16.2. The highest BCUT2D eigenvalue weighted by molar-refractivity contribution is 6.06. The van der Waals surface area contributed by atoms with Gasteiger partial charge in [-0.1, -0.05) is 19.3 Å². The molecule has 3 N–H and O–H groups in total. The van der Waals surface area contributed by atoms with Crippen LogP contribution in [-0.2, 0) is 14.4 Å². The number of nitrogens with zero attached hydrogens (tertiary/aromatic N) is 1. The predicted octanol–water partition coefficient (Wildman–Crippen LogP) is 0.549. The number of rotatable bonds is 3. The number of nitrogens with one attached hydrogen (secondary N) is 1. The molecule has 2 fully saturated rings. The molecule has 1 aliphatic carbocycles. The number of hydrogen-bond acceptors (Lipinski definition) is 4. The number of hydrogen-bond donors (Lipinski definition) is 2. The lowest BCUT2D eigenvalue weighted by Crippen LogP contribution is -2.65. The number of carbonyl (C=O) groups is 3. The molecule has 1 heterocycles. The summed E-state index contributed by atoms with van der Waals surface area (Å²) in [5.74, 6) is -0.980. The van der Waals surface area contributed by atoms with Crippen molar-refractivity contribution >= 4 is 17.7 Å². The minimum absolute atomic E-state index is 0.0573. The zero-order chi connectivity index (χ0) is 15.7. The SMILES string of the molecule is CC1(C)C(=O)NC(=O)CN1C(=O)CC1(CN)CCCCC1. The summed E-state index contributed by atoms with van der Waals surface area (Å²) in [6.07, 6.45) is 5.59. The van der Waals surface area contributed by atoms with E-state index in [1.807, 2.05) is 0 Å². The molecule has 0 atom stereocenters. The van der Waals surface area contributed by atoms with E-state index < -0.39 is 17.4 Å². The topological polar surface area (TPSA) is 92.5 Å². The molecule has 0 radical (unpaired) electrons. The molecule has 0 bridgehead atoms. The Morgan fingerprint density at radius 3 is 2.43 bits per heavy atom. The van der Waals surface area contributed by atoms with E-state index in [-0.39, 0.29) is 17.9 Å². The first-order chi connectivity index (χ1) is 9.81. The fourth-order valence-corrected chi connectivity index (χ4v) is 3.35. The summed E-state index contributed by atoms with van der Waals surface area (Å²) in [5.41, 5.74) is 4.77. The van der Waals surface area contributed by atoms with Gasteiger partial charge >= 0.3 is 0 Å². The first kappa shape index (κ1) is 15.9. The molecule has 6 nitrogen and oxygen atoms in total. The maximum absolute atomic E-state index is 12.7. The second kappa shape index (κ2) is 5.75. The van der Waals surface area contributed by atoms with Crippen molar-refractivity contribution in [2.24, 2.45) is 11.1 Å². The van der Waals surface area contributed by atoms with Gasteiger partial charge in [0.25, 0.3) is 5.91 Å². The first-order valence-corrected chi connectivity index (χ1v) is 7.66. The van der Waals surface area contributed by atoms with Gasteiger partial charge in [0.2, 0.25) is 11.8 Å². The fraction of sp³-hybridized carbons (Fsp3) is 0.800. The van der Waals surface area contributed by atoms with Gasteiger partial charge in [-0.3, -0.25) is 19.7 Å². The molecular formula is C15H25N3O3. The number of carbonyl (C=O) groups excluding carboxylic acids is 3. The van der Waals surface area contributed by atoms with Gasteiger partial charge in [0.05, 0.1) is 0 Å². The van der Waals surface area contributed by atoms with Gasteiger partial charge in [-0.05, 0) is 38.6 Å². The summed E-state index contributed by atoms with van der Waals surface area (Å²) in [4.78, 5) is 37.6. The minimum Gasteiger partial charge on any atom is -0.330 e. The molecule has 1 saturated heterocycles. The van der Waals surface area contributed by atoms with Crippen LogP contribution in [0.25, 0.3) is 0 Å². The molecule has 2 aliphatic rings. The average molecular weight is 295 g/mol. The van der Waals surface area contributed by atoms with Crippen molar-refractivity contribution in [3.05, 3.63) is 0 Å². The van der Waals surface area contributed by atoms with E-state index in [4.69, 9.17) is 5.73 Å². The van der Waals surface area contributed by atoms with Crippen LogP contribution in [0, 0.1) is 5.41 Å². The first-order valence-electron chi connectivity index (χ1n) is 7.66. The second-order valence-electron chi connectivity index (χ2n) is 6.86. The molecule has 0 aromatic carbocycles. The van der Waals surface area contributed by atoms with E-state index in [1.165, 1.54) is 11.3 Å². The highest BCUT2D eigenvalue weighted by Gasteiger charge is 2.45. The Morgan fingerprint density at radius 2 is 1.86 bits per heavy atom. The van der Waals surface area contributed by atoms with E-state index in [9.17, 15) is 14.4 Å². The van der Waals surface area contributed by atoms with Gasteiger partial charge in [-0.15, -0.1) is 0 Å². The lowest BCUT2D eigenvalue weighted by molar-refractivity contribution is -0.157. The average Bonchev–Trinajstić information content (AvgIpc) is 2.44. The van der Waals surface area contributed by atoms with Gasteiger partial charge in [0.15, 0.2) is 0 Å². The molecule has 0 aromatic rings. The standard InChI is InChI=1S/C15H25N3O3/c1-14(2)13(21)17-11(19)9-18(14)12(20)8-15(10-16)6-4-3-5-7-15/h3-10,16H2,1-2H3,(H,17,19,21). The third-order valence-corrected chi connectivity index (χ3v) is 4.96. The van der Waals surface area contributed by atoms with Crippen LogP contribution < -0.4 is 11.1 Å². The number of amides is 3. The maximum Gasteiger partial charge on any atom is 0.252 e. The summed E-state index contributed by atoms with van der Waals surface area (Å²) in [5, 5.41) is 2.29. The Bertz CT molecular complexity index is 453. The third kappa shape index (κ3) is 3.10. The molecule has 0 aromatic heterocycles. The van der Waals surface area contributed by atoms with E-state index in [2.05, 4.69) is 5.32 Å². The van der Waals surface area contributed by atoms with Crippen molar-refractivity contribution in [1.82, 2.24) is 10.2 Å². The minimum atomic E-state index is -0.991. The van der Waals surface area contributed by atoms with Crippen LogP contribution in [0.3, 0.4) is 0 Å². The Kier molecular flexibility index (Phi) is 4.37. The molecular weight excluding hydrogens is 270 g/mol. The Labute approximate surface area is 125 Å². The molecule has 1 saturated carbocycles. The summed E-state index contributed by atoms with van der Waals surface area (Å²) >= 11 is 0. The number of nitrogens with two attached hydrogens (primary N) is 1. The van der Waals surface area contributed by atoms with E-state index in [0.717, 1.165) is 25.7 Å². The molecule has 3 amide bonds. The normalized spacial score (nSPS) is 24.6. The van der Waals surface area contributed by atoms with Crippen LogP contribution in [0.4, 0.5) is 0 Å². The van der Waals surface area contributed by atoms with E-state index >= 15 is 0 Å².